The van der Waals surface area contributed by atoms with Gasteiger partial charge in [-0.05, 0) is 42.0 Å². The molecular formula is C21H15N5O. The van der Waals surface area contributed by atoms with Gasteiger partial charge in [-0.15, -0.1) is 0 Å². The molecule has 0 saturated carbocycles. The first-order valence-electron chi connectivity index (χ1n) is 8.26. The Morgan fingerprint density at radius 2 is 1.74 bits per heavy atom. The Hall–Kier alpha value is -3.87. The van der Waals surface area contributed by atoms with E-state index < -0.39 is 5.54 Å². The van der Waals surface area contributed by atoms with Crippen LogP contribution in [0.4, 0.5) is 0 Å². The molecule has 2 aromatic carbocycles. The van der Waals surface area contributed by atoms with Crippen molar-refractivity contribution in [2.24, 2.45) is 12.8 Å². The second-order valence-corrected chi connectivity index (χ2v) is 6.36. The van der Waals surface area contributed by atoms with Gasteiger partial charge in [0.15, 0.2) is 0 Å². The molecule has 6 heteroatoms. The minimum absolute atomic E-state index is 0.529. The lowest BCUT2D eigenvalue weighted by atomic mass is 9.84. The lowest BCUT2D eigenvalue weighted by Gasteiger charge is -2.28. The number of furan rings is 1. The van der Waals surface area contributed by atoms with E-state index in [1.165, 1.54) is 0 Å². The van der Waals surface area contributed by atoms with Crippen LogP contribution in [-0.4, -0.2) is 9.55 Å². The molecule has 0 aliphatic heterocycles. The number of hydrogen-bond acceptors (Lipinski definition) is 5. The Balaban J connectivity index is 1.97. The number of aromatic nitrogens is 2. The van der Waals surface area contributed by atoms with E-state index in [2.05, 4.69) is 17.1 Å². The number of nitriles is 2. The van der Waals surface area contributed by atoms with E-state index in [4.69, 9.17) is 20.7 Å². The lowest BCUT2D eigenvalue weighted by molar-refractivity contribution is 0.445. The van der Waals surface area contributed by atoms with Crippen LogP contribution in [0.3, 0.4) is 0 Å². The number of nitrogens with zero attached hydrogens (tertiary/aromatic N) is 4. The predicted molar refractivity (Wildman–Crippen MR) is 99.4 cm³/mol. The minimum atomic E-state index is -1.11. The number of nitrogens with two attached hydrogens (primary N) is 1. The highest BCUT2D eigenvalue weighted by molar-refractivity contribution is 5.80. The van der Waals surface area contributed by atoms with Gasteiger partial charge in [-0.25, -0.2) is 4.98 Å². The zero-order valence-electron chi connectivity index (χ0n) is 14.5. The molecule has 2 aromatic heterocycles. The van der Waals surface area contributed by atoms with Crippen LogP contribution < -0.4 is 5.73 Å². The number of benzene rings is 2. The molecule has 0 saturated heterocycles. The van der Waals surface area contributed by atoms with Crippen molar-refractivity contribution in [3.05, 3.63) is 89.2 Å². The second kappa shape index (κ2) is 6.14. The highest BCUT2D eigenvalue weighted by atomic mass is 16.3. The first-order chi connectivity index (χ1) is 13.1. The molecule has 0 spiro atoms. The molecule has 130 valence electrons. The second-order valence-electron chi connectivity index (χ2n) is 6.36. The smallest absolute Gasteiger partial charge is 0.142 e. The number of rotatable bonds is 3. The van der Waals surface area contributed by atoms with Gasteiger partial charge in [0.2, 0.25) is 0 Å². The van der Waals surface area contributed by atoms with Gasteiger partial charge in [0, 0.05) is 12.4 Å². The van der Waals surface area contributed by atoms with Gasteiger partial charge in [0.1, 0.15) is 16.9 Å². The van der Waals surface area contributed by atoms with Crippen molar-refractivity contribution in [1.82, 2.24) is 9.55 Å². The maximum atomic E-state index is 9.13. The molecule has 0 radical (unpaired) electrons. The molecule has 6 nitrogen and oxygen atoms in total. The summed E-state index contributed by atoms with van der Waals surface area (Å²) in [5.74, 6) is 0.529. The molecule has 1 unspecified atom stereocenters. The van der Waals surface area contributed by atoms with E-state index in [1.807, 2.05) is 29.8 Å². The van der Waals surface area contributed by atoms with Crippen LogP contribution in [0.25, 0.3) is 11.0 Å². The van der Waals surface area contributed by atoms with Gasteiger partial charge in [0.05, 0.1) is 41.5 Å². The fourth-order valence-electron chi connectivity index (χ4n) is 3.27. The van der Waals surface area contributed by atoms with Crippen LogP contribution in [0, 0.1) is 22.7 Å². The van der Waals surface area contributed by atoms with E-state index in [0.717, 1.165) is 16.6 Å². The molecule has 0 aliphatic rings. The van der Waals surface area contributed by atoms with Gasteiger partial charge in [-0.2, -0.15) is 10.5 Å². The quantitative estimate of drug-likeness (QED) is 0.609. The Kier molecular flexibility index (Phi) is 3.77. The standard InChI is InChI=1S/C21H15N5O/c1-26-13-25-12-19(26)21(24,17-5-2-14(10-22)3-6-17)20-9-16-8-15(11-23)4-7-18(16)27-20/h2-9,12-13H,24H2,1H3. The largest absolute Gasteiger partial charge is 0.458 e. The summed E-state index contributed by atoms with van der Waals surface area (Å²) in [5.41, 5.74) is 9.09. The third-order valence-electron chi connectivity index (χ3n) is 4.72. The van der Waals surface area contributed by atoms with Crippen molar-refractivity contribution in [2.45, 2.75) is 5.54 Å². The zero-order valence-corrected chi connectivity index (χ0v) is 14.5. The number of fused-ring (bicyclic) bond motifs is 1. The minimum Gasteiger partial charge on any atom is -0.458 e. The van der Waals surface area contributed by atoms with Crippen molar-refractivity contribution >= 4 is 11.0 Å². The van der Waals surface area contributed by atoms with E-state index in [1.54, 1.807) is 42.9 Å². The number of hydrogen-bond donors (Lipinski definition) is 1. The van der Waals surface area contributed by atoms with Crippen molar-refractivity contribution < 1.29 is 4.42 Å². The normalized spacial score (nSPS) is 13.0. The maximum Gasteiger partial charge on any atom is 0.142 e. The van der Waals surface area contributed by atoms with E-state index in [0.29, 0.717) is 22.5 Å². The molecule has 0 amide bonds. The van der Waals surface area contributed by atoms with Crippen molar-refractivity contribution in [2.75, 3.05) is 0 Å². The summed E-state index contributed by atoms with van der Waals surface area (Å²) in [6.07, 6.45) is 3.38. The number of imidazole rings is 1. The average Bonchev–Trinajstić information content (AvgIpc) is 3.33. The molecule has 1 atom stereocenters. The Bertz CT molecular complexity index is 1220. The lowest BCUT2D eigenvalue weighted by Crippen LogP contribution is -2.40. The summed E-state index contributed by atoms with van der Waals surface area (Å²) in [6, 6.07) is 18.4. The van der Waals surface area contributed by atoms with Crippen LogP contribution >= 0.6 is 0 Å². The Labute approximate surface area is 155 Å². The first-order valence-corrected chi connectivity index (χ1v) is 8.26. The summed E-state index contributed by atoms with van der Waals surface area (Å²) in [7, 11) is 1.87. The van der Waals surface area contributed by atoms with Crippen LogP contribution in [0.15, 0.2) is 65.5 Å². The summed E-state index contributed by atoms with van der Waals surface area (Å²) >= 11 is 0. The van der Waals surface area contributed by atoms with Crippen molar-refractivity contribution in [1.29, 1.82) is 10.5 Å². The van der Waals surface area contributed by atoms with Crippen LogP contribution in [0.1, 0.15) is 28.1 Å². The Morgan fingerprint density at radius 1 is 1.04 bits per heavy atom. The van der Waals surface area contributed by atoms with Gasteiger partial charge < -0.3 is 14.7 Å². The molecule has 4 rings (SSSR count). The number of aryl methyl sites for hydroxylation is 1. The van der Waals surface area contributed by atoms with Gasteiger partial charge in [0.25, 0.3) is 0 Å². The fourth-order valence-corrected chi connectivity index (χ4v) is 3.27. The maximum absolute atomic E-state index is 9.13. The zero-order chi connectivity index (χ0) is 19.0. The molecule has 27 heavy (non-hydrogen) atoms. The summed E-state index contributed by atoms with van der Waals surface area (Å²) < 4.78 is 7.92. The van der Waals surface area contributed by atoms with Gasteiger partial charge in [-0.3, -0.25) is 0 Å². The van der Waals surface area contributed by atoms with Crippen LogP contribution in [-0.2, 0) is 12.6 Å². The monoisotopic (exact) mass is 353 g/mol. The van der Waals surface area contributed by atoms with Gasteiger partial charge in [-0.1, -0.05) is 12.1 Å². The predicted octanol–water partition coefficient (Wildman–Crippen LogP) is 3.16. The van der Waals surface area contributed by atoms with Gasteiger partial charge >= 0.3 is 0 Å². The first kappa shape index (κ1) is 16.6. The van der Waals surface area contributed by atoms with E-state index in [9.17, 15) is 0 Å². The van der Waals surface area contributed by atoms with Crippen LogP contribution in [0.5, 0.6) is 0 Å². The third-order valence-corrected chi connectivity index (χ3v) is 4.72. The molecule has 0 aliphatic carbocycles. The molecule has 0 fully saturated rings. The summed E-state index contributed by atoms with van der Waals surface area (Å²) in [6.45, 7) is 0. The fraction of sp³-hybridized carbons (Fsp3) is 0.0952. The molecular weight excluding hydrogens is 338 g/mol. The highest BCUT2D eigenvalue weighted by Gasteiger charge is 2.38. The topological polar surface area (TPSA) is 105 Å². The molecule has 0 bridgehead atoms. The van der Waals surface area contributed by atoms with Crippen molar-refractivity contribution in [3.8, 4) is 12.1 Å². The Morgan fingerprint density at radius 3 is 2.37 bits per heavy atom. The molecule has 2 heterocycles. The van der Waals surface area contributed by atoms with Crippen LogP contribution in [0.2, 0.25) is 0 Å². The molecule has 2 N–H and O–H groups in total. The average molecular weight is 353 g/mol. The molecule has 4 aromatic rings. The third kappa shape index (κ3) is 2.56. The SMILES string of the molecule is Cn1cncc1C(N)(c1ccc(C#N)cc1)c1cc2cc(C#N)ccc2o1. The van der Waals surface area contributed by atoms with E-state index >= 15 is 0 Å². The van der Waals surface area contributed by atoms with Crippen molar-refractivity contribution in [3.63, 3.8) is 0 Å². The summed E-state index contributed by atoms with van der Waals surface area (Å²) in [4.78, 5) is 4.20. The van der Waals surface area contributed by atoms with E-state index in [-0.39, 0.29) is 0 Å². The highest BCUT2D eigenvalue weighted by Crippen LogP contribution is 2.37. The summed E-state index contributed by atoms with van der Waals surface area (Å²) in [5, 5.41) is 19.0.